The maximum Gasteiger partial charge on any atom is 0.407 e. The van der Waals surface area contributed by atoms with E-state index in [0.717, 1.165) is 5.69 Å². The summed E-state index contributed by atoms with van der Waals surface area (Å²) in [4.78, 5) is 14.3. The lowest BCUT2D eigenvalue weighted by Crippen LogP contribution is -2.48. The van der Waals surface area contributed by atoms with Crippen molar-refractivity contribution in [3.8, 4) is 0 Å². The predicted octanol–water partition coefficient (Wildman–Crippen LogP) is 2.79. The summed E-state index contributed by atoms with van der Waals surface area (Å²) < 4.78 is 0. The molecule has 6 heteroatoms. The van der Waals surface area contributed by atoms with Crippen LogP contribution in [0.5, 0.6) is 0 Å². The van der Waals surface area contributed by atoms with Gasteiger partial charge in [-0.1, -0.05) is 23.2 Å². The molecule has 1 saturated heterocycles. The first-order valence-corrected chi connectivity index (χ1v) is 6.01. The van der Waals surface area contributed by atoms with Crippen molar-refractivity contribution in [2.75, 3.05) is 31.1 Å². The molecule has 0 bridgehead atoms. The molecule has 1 fully saturated rings. The van der Waals surface area contributed by atoms with E-state index in [4.69, 9.17) is 28.3 Å². The number of hydrogen-bond donors (Lipinski definition) is 1. The Balaban J connectivity index is 2.05. The Morgan fingerprint density at radius 1 is 1.12 bits per heavy atom. The maximum atomic E-state index is 10.8. The number of benzene rings is 1. The van der Waals surface area contributed by atoms with Crippen molar-refractivity contribution >= 4 is 35.0 Å². The SMILES string of the molecule is O=C(O)N1CCN(c2ccc(Cl)c(Cl)c2)CC1. The maximum absolute atomic E-state index is 10.8. The highest BCUT2D eigenvalue weighted by Gasteiger charge is 2.20. The van der Waals surface area contributed by atoms with Crippen LogP contribution in [-0.2, 0) is 0 Å². The van der Waals surface area contributed by atoms with E-state index in [1.807, 2.05) is 6.07 Å². The molecule has 1 amide bonds. The predicted molar refractivity (Wildman–Crippen MR) is 68.3 cm³/mol. The molecule has 0 spiro atoms. The highest BCUT2D eigenvalue weighted by molar-refractivity contribution is 6.42. The first-order chi connectivity index (χ1) is 8.08. The highest BCUT2D eigenvalue weighted by atomic mass is 35.5. The summed E-state index contributed by atoms with van der Waals surface area (Å²) in [7, 11) is 0. The van der Waals surface area contributed by atoms with Gasteiger partial charge in [-0.2, -0.15) is 0 Å². The lowest BCUT2D eigenvalue weighted by Gasteiger charge is -2.34. The summed E-state index contributed by atoms with van der Waals surface area (Å²) in [6.45, 7) is 2.36. The van der Waals surface area contributed by atoms with Crippen LogP contribution in [0.1, 0.15) is 0 Å². The minimum atomic E-state index is -0.862. The van der Waals surface area contributed by atoms with E-state index < -0.39 is 6.09 Å². The summed E-state index contributed by atoms with van der Waals surface area (Å²) in [6, 6.07) is 5.45. The average molecular weight is 275 g/mol. The van der Waals surface area contributed by atoms with Gasteiger partial charge in [-0.3, -0.25) is 0 Å². The van der Waals surface area contributed by atoms with Gasteiger partial charge in [0, 0.05) is 31.9 Å². The smallest absolute Gasteiger partial charge is 0.407 e. The molecule has 17 heavy (non-hydrogen) atoms. The minimum absolute atomic E-state index is 0.510. The molecule has 1 heterocycles. The zero-order valence-electron chi connectivity index (χ0n) is 9.07. The number of rotatable bonds is 1. The number of halogens is 2. The van der Waals surface area contributed by atoms with Crippen LogP contribution in [-0.4, -0.2) is 42.3 Å². The Bertz CT molecular complexity index is 431. The normalized spacial score (nSPS) is 16.1. The minimum Gasteiger partial charge on any atom is -0.465 e. The summed E-state index contributed by atoms with van der Waals surface area (Å²) in [5.41, 5.74) is 0.976. The molecule has 1 aliphatic heterocycles. The van der Waals surface area contributed by atoms with Crippen molar-refractivity contribution in [1.82, 2.24) is 4.90 Å². The third-order valence-corrected chi connectivity index (χ3v) is 3.56. The molecule has 0 saturated carbocycles. The third kappa shape index (κ3) is 2.76. The Labute approximate surface area is 109 Å². The van der Waals surface area contributed by atoms with E-state index in [2.05, 4.69) is 4.90 Å². The number of hydrogen-bond acceptors (Lipinski definition) is 2. The first-order valence-electron chi connectivity index (χ1n) is 5.26. The molecular formula is C11H12Cl2N2O2. The van der Waals surface area contributed by atoms with Gasteiger partial charge in [0.25, 0.3) is 0 Å². The second-order valence-electron chi connectivity index (χ2n) is 3.86. The van der Waals surface area contributed by atoms with Crippen molar-refractivity contribution in [3.63, 3.8) is 0 Å². The van der Waals surface area contributed by atoms with Gasteiger partial charge in [0.05, 0.1) is 10.0 Å². The van der Waals surface area contributed by atoms with E-state index >= 15 is 0 Å². The first kappa shape index (κ1) is 12.3. The number of carboxylic acid groups (broad SMARTS) is 1. The lowest BCUT2D eigenvalue weighted by atomic mass is 10.2. The lowest BCUT2D eigenvalue weighted by molar-refractivity contribution is 0.142. The number of anilines is 1. The van der Waals surface area contributed by atoms with E-state index in [-0.39, 0.29) is 0 Å². The quantitative estimate of drug-likeness (QED) is 0.857. The molecule has 2 rings (SSSR count). The summed E-state index contributed by atoms with van der Waals surface area (Å²) in [5.74, 6) is 0. The van der Waals surface area contributed by atoms with Crippen molar-refractivity contribution < 1.29 is 9.90 Å². The fraction of sp³-hybridized carbons (Fsp3) is 0.364. The van der Waals surface area contributed by atoms with Crippen LogP contribution in [0.15, 0.2) is 18.2 Å². The van der Waals surface area contributed by atoms with Gasteiger partial charge >= 0.3 is 6.09 Å². The van der Waals surface area contributed by atoms with Crippen LogP contribution in [0.4, 0.5) is 10.5 Å². The third-order valence-electron chi connectivity index (χ3n) is 2.82. The Kier molecular flexibility index (Phi) is 3.64. The fourth-order valence-corrected chi connectivity index (χ4v) is 2.13. The van der Waals surface area contributed by atoms with Gasteiger partial charge in [-0.05, 0) is 18.2 Å². The van der Waals surface area contributed by atoms with E-state index in [1.54, 1.807) is 12.1 Å². The van der Waals surface area contributed by atoms with Crippen LogP contribution >= 0.6 is 23.2 Å². The number of nitrogens with zero attached hydrogens (tertiary/aromatic N) is 2. The molecule has 1 aromatic carbocycles. The molecule has 0 atom stereocenters. The van der Waals surface area contributed by atoms with Gasteiger partial charge in [0.15, 0.2) is 0 Å². The Morgan fingerprint density at radius 2 is 1.76 bits per heavy atom. The molecule has 1 aliphatic rings. The molecule has 0 radical (unpaired) electrons. The molecule has 0 aromatic heterocycles. The van der Waals surface area contributed by atoms with Crippen LogP contribution in [0.2, 0.25) is 10.0 Å². The van der Waals surface area contributed by atoms with Crippen LogP contribution in [0, 0.1) is 0 Å². The Hall–Kier alpha value is -1.13. The van der Waals surface area contributed by atoms with Crippen LogP contribution in [0.3, 0.4) is 0 Å². The zero-order chi connectivity index (χ0) is 12.4. The zero-order valence-corrected chi connectivity index (χ0v) is 10.6. The summed E-state index contributed by atoms with van der Waals surface area (Å²) in [6.07, 6.45) is -0.862. The number of amides is 1. The second-order valence-corrected chi connectivity index (χ2v) is 4.67. The van der Waals surface area contributed by atoms with Gasteiger partial charge in [0.2, 0.25) is 0 Å². The molecule has 0 unspecified atom stereocenters. The second kappa shape index (κ2) is 5.02. The molecule has 1 N–H and O–H groups in total. The molecule has 1 aromatic rings. The van der Waals surface area contributed by atoms with E-state index in [1.165, 1.54) is 4.90 Å². The summed E-state index contributed by atoms with van der Waals surface area (Å²) in [5, 5.41) is 9.89. The monoisotopic (exact) mass is 274 g/mol. The topological polar surface area (TPSA) is 43.8 Å². The molecular weight excluding hydrogens is 263 g/mol. The molecule has 92 valence electrons. The van der Waals surface area contributed by atoms with Gasteiger partial charge in [-0.25, -0.2) is 4.79 Å². The highest BCUT2D eigenvalue weighted by Crippen LogP contribution is 2.27. The Morgan fingerprint density at radius 3 is 2.29 bits per heavy atom. The number of piperazine rings is 1. The van der Waals surface area contributed by atoms with Crippen molar-refractivity contribution in [2.24, 2.45) is 0 Å². The number of carbonyl (C=O) groups is 1. The molecule has 4 nitrogen and oxygen atoms in total. The fourth-order valence-electron chi connectivity index (χ4n) is 1.84. The van der Waals surface area contributed by atoms with Gasteiger partial charge in [-0.15, -0.1) is 0 Å². The average Bonchev–Trinajstić information content (AvgIpc) is 2.33. The molecule has 0 aliphatic carbocycles. The van der Waals surface area contributed by atoms with Gasteiger partial charge < -0.3 is 14.9 Å². The van der Waals surface area contributed by atoms with Crippen molar-refractivity contribution in [2.45, 2.75) is 0 Å². The van der Waals surface area contributed by atoms with Gasteiger partial charge in [0.1, 0.15) is 0 Å². The van der Waals surface area contributed by atoms with Crippen molar-refractivity contribution in [3.05, 3.63) is 28.2 Å². The standard InChI is InChI=1S/C11H12Cl2N2O2/c12-9-2-1-8(7-10(9)13)14-3-5-15(6-4-14)11(16)17/h1-2,7H,3-6H2,(H,16,17). The van der Waals surface area contributed by atoms with Crippen LogP contribution in [0.25, 0.3) is 0 Å². The van der Waals surface area contributed by atoms with Crippen molar-refractivity contribution in [1.29, 1.82) is 0 Å². The summed E-state index contributed by atoms with van der Waals surface area (Å²) >= 11 is 11.8. The van der Waals surface area contributed by atoms with Crippen LogP contribution < -0.4 is 4.90 Å². The van der Waals surface area contributed by atoms with E-state index in [0.29, 0.717) is 36.2 Å². The van der Waals surface area contributed by atoms with E-state index in [9.17, 15) is 4.79 Å². The largest absolute Gasteiger partial charge is 0.465 e.